The molecule has 2 amide bonds. The number of nitrogens with one attached hydrogen (secondary N) is 2. The Bertz CT molecular complexity index is 950. The first kappa shape index (κ1) is 20.0. The molecule has 0 fully saturated rings. The number of hydrogen-bond donors (Lipinski definition) is 2. The Morgan fingerprint density at radius 1 is 0.964 bits per heavy atom. The maximum Gasteiger partial charge on any atom is 0.234 e. The van der Waals surface area contributed by atoms with Crippen LogP contribution in [0.1, 0.15) is 12.0 Å². The number of carbonyl (C=O) groups is 2. The topological polar surface area (TPSA) is 84.0 Å². The number of para-hydroxylation sites is 1. The summed E-state index contributed by atoms with van der Waals surface area (Å²) in [6, 6.07) is 15.7. The molecule has 0 saturated heterocycles. The van der Waals surface area contributed by atoms with E-state index in [9.17, 15) is 14.0 Å². The summed E-state index contributed by atoms with van der Waals surface area (Å²) in [5, 5.41) is 13.5. The van der Waals surface area contributed by atoms with Gasteiger partial charge in [-0.25, -0.2) is 4.39 Å². The SMILES string of the molecule is O=C(CCc1ccccc1)Nc1nnc(SCC(=O)Nc2ccccc2F)s1. The molecule has 0 unspecified atom stereocenters. The number of anilines is 2. The summed E-state index contributed by atoms with van der Waals surface area (Å²) in [4.78, 5) is 23.9. The first-order valence-electron chi connectivity index (χ1n) is 8.44. The Morgan fingerprint density at radius 2 is 1.71 bits per heavy atom. The Balaban J connectivity index is 1.43. The van der Waals surface area contributed by atoms with Gasteiger partial charge in [-0.1, -0.05) is 65.6 Å². The highest BCUT2D eigenvalue weighted by Crippen LogP contribution is 2.26. The van der Waals surface area contributed by atoms with Crippen LogP contribution in [-0.4, -0.2) is 27.8 Å². The summed E-state index contributed by atoms with van der Waals surface area (Å²) in [5.41, 5.74) is 1.23. The fraction of sp³-hybridized carbons (Fsp3) is 0.158. The molecular weight excluding hydrogens is 399 g/mol. The first-order chi connectivity index (χ1) is 13.6. The fourth-order valence-corrected chi connectivity index (χ4v) is 3.85. The third-order valence-electron chi connectivity index (χ3n) is 3.61. The van der Waals surface area contributed by atoms with Gasteiger partial charge in [-0.05, 0) is 24.1 Å². The Labute approximate surface area is 169 Å². The number of nitrogens with zero attached hydrogens (tertiary/aromatic N) is 2. The van der Waals surface area contributed by atoms with E-state index in [2.05, 4.69) is 20.8 Å². The van der Waals surface area contributed by atoms with Crippen LogP contribution in [0, 0.1) is 5.82 Å². The second-order valence-corrected chi connectivity index (χ2v) is 7.92. The van der Waals surface area contributed by atoms with Gasteiger partial charge in [0.05, 0.1) is 11.4 Å². The van der Waals surface area contributed by atoms with Crippen LogP contribution >= 0.6 is 23.1 Å². The lowest BCUT2D eigenvalue weighted by molar-refractivity contribution is -0.116. The lowest BCUT2D eigenvalue weighted by Gasteiger charge is -2.04. The molecule has 2 N–H and O–H groups in total. The van der Waals surface area contributed by atoms with Gasteiger partial charge >= 0.3 is 0 Å². The van der Waals surface area contributed by atoms with Gasteiger partial charge in [0.2, 0.25) is 16.9 Å². The molecule has 0 saturated carbocycles. The minimum absolute atomic E-state index is 0.0604. The molecule has 0 aliphatic rings. The van der Waals surface area contributed by atoms with Crippen LogP contribution in [0.15, 0.2) is 58.9 Å². The van der Waals surface area contributed by atoms with Crippen LogP contribution < -0.4 is 10.6 Å². The van der Waals surface area contributed by atoms with Crippen molar-refractivity contribution < 1.29 is 14.0 Å². The fourth-order valence-electron chi connectivity index (χ4n) is 2.28. The van der Waals surface area contributed by atoms with Crippen molar-refractivity contribution in [3.8, 4) is 0 Å². The van der Waals surface area contributed by atoms with E-state index in [1.54, 1.807) is 12.1 Å². The van der Waals surface area contributed by atoms with Gasteiger partial charge in [-0.2, -0.15) is 0 Å². The number of carbonyl (C=O) groups excluding carboxylic acids is 2. The Kier molecular flexibility index (Phi) is 7.10. The van der Waals surface area contributed by atoms with E-state index in [1.807, 2.05) is 30.3 Å². The van der Waals surface area contributed by atoms with Crippen LogP contribution in [0.4, 0.5) is 15.2 Å². The van der Waals surface area contributed by atoms with E-state index in [1.165, 1.54) is 35.2 Å². The third kappa shape index (κ3) is 6.14. The highest BCUT2D eigenvalue weighted by Gasteiger charge is 2.12. The average molecular weight is 417 g/mol. The summed E-state index contributed by atoms with van der Waals surface area (Å²) in [7, 11) is 0. The monoisotopic (exact) mass is 416 g/mol. The van der Waals surface area contributed by atoms with Crippen LogP contribution in [0.25, 0.3) is 0 Å². The molecule has 6 nitrogen and oxygen atoms in total. The smallest absolute Gasteiger partial charge is 0.234 e. The zero-order chi connectivity index (χ0) is 19.8. The molecule has 1 aromatic heterocycles. The third-order valence-corrected chi connectivity index (χ3v) is 5.58. The van der Waals surface area contributed by atoms with Crippen molar-refractivity contribution in [1.82, 2.24) is 10.2 Å². The van der Waals surface area contributed by atoms with Gasteiger partial charge in [-0.3, -0.25) is 9.59 Å². The number of halogens is 1. The van der Waals surface area contributed by atoms with Crippen molar-refractivity contribution in [3.05, 3.63) is 66.0 Å². The van der Waals surface area contributed by atoms with Crippen molar-refractivity contribution in [2.45, 2.75) is 17.2 Å². The highest BCUT2D eigenvalue weighted by molar-refractivity contribution is 8.01. The molecule has 144 valence electrons. The number of rotatable bonds is 8. The zero-order valence-corrected chi connectivity index (χ0v) is 16.4. The molecule has 0 radical (unpaired) electrons. The molecule has 0 atom stereocenters. The minimum atomic E-state index is -0.489. The predicted molar refractivity (Wildman–Crippen MR) is 109 cm³/mol. The van der Waals surface area contributed by atoms with Crippen molar-refractivity contribution in [1.29, 1.82) is 0 Å². The van der Waals surface area contributed by atoms with Crippen LogP contribution in [0.3, 0.4) is 0 Å². The summed E-state index contributed by atoms with van der Waals surface area (Å²) in [6.45, 7) is 0. The summed E-state index contributed by atoms with van der Waals surface area (Å²) < 4.78 is 14.1. The quantitative estimate of drug-likeness (QED) is 0.429. The lowest BCUT2D eigenvalue weighted by Crippen LogP contribution is -2.14. The normalized spacial score (nSPS) is 10.5. The summed E-state index contributed by atoms with van der Waals surface area (Å²) in [6.07, 6.45) is 0.987. The minimum Gasteiger partial charge on any atom is -0.323 e. The van der Waals surface area contributed by atoms with Crippen molar-refractivity contribution >= 4 is 45.7 Å². The van der Waals surface area contributed by atoms with E-state index in [0.29, 0.717) is 22.3 Å². The van der Waals surface area contributed by atoms with E-state index in [-0.39, 0.29) is 23.3 Å². The van der Waals surface area contributed by atoms with E-state index < -0.39 is 5.82 Å². The molecule has 0 aliphatic heterocycles. The molecule has 1 heterocycles. The van der Waals surface area contributed by atoms with Crippen molar-refractivity contribution in [2.24, 2.45) is 0 Å². The van der Waals surface area contributed by atoms with Crippen molar-refractivity contribution in [2.75, 3.05) is 16.4 Å². The molecule has 3 rings (SSSR count). The summed E-state index contributed by atoms with van der Waals surface area (Å²) in [5.74, 6) is -0.921. The maximum absolute atomic E-state index is 13.5. The Hall–Kier alpha value is -2.78. The van der Waals surface area contributed by atoms with Gasteiger partial charge in [0, 0.05) is 6.42 Å². The Morgan fingerprint density at radius 3 is 2.50 bits per heavy atom. The highest BCUT2D eigenvalue weighted by atomic mass is 32.2. The van der Waals surface area contributed by atoms with Crippen LogP contribution in [-0.2, 0) is 16.0 Å². The molecule has 0 bridgehead atoms. The number of benzene rings is 2. The molecule has 0 aliphatic carbocycles. The van der Waals surface area contributed by atoms with Gasteiger partial charge in [0.1, 0.15) is 5.82 Å². The molecular formula is C19H17FN4O2S2. The number of thioether (sulfide) groups is 1. The number of hydrogen-bond acceptors (Lipinski definition) is 6. The predicted octanol–water partition coefficient (Wildman–Crippen LogP) is 3.98. The van der Waals surface area contributed by atoms with Crippen LogP contribution in [0.5, 0.6) is 0 Å². The second-order valence-electron chi connectivity index (χ2n) is 5.72. The summed E-state index contributed by atoms with van der Waals surface area (Å²) >= 11 is 2.36. The van der Waals surface area contributed by atoms with Crippen LogP contribution in [0.2, 0.25) is 0 Å². The molecule has 0 spiro atoms. The van der Waals surface area contributed by atoms with Gasteiger partial charge in [0.15, 0.2) is 4.34 Å². The zero-order valence-electron chi connectivity index (χ0n) is 14.7. The van der Waals surface area contributed by atoms with E-state index in [4.69, 9.17) is 0 Å². The molecule has 2 aromatic carbocycles. The largest absolute Gasteiger partial charge is 0.323 e. The number of aromatic nitrogens is 2. The van der Waals surface area contributed by atoms with E-state index >= 15 is 0 Å². The second kappa shape index (κ2) is 9.95. The average Bonchev–Trinajstić information content (AvgIpc) is 3.15. The van der Waals surface area contributed by atoms with Gasteiger partial charge in [-0.15, -0.1) is 10.2 Å². The number of aryl methyl sites for hydroxylation is 1. The number of amides is 2. The van der Waals surface area contributed by atoms with Gasteiger partial charge in [0.25, 0.3) is 0 Å². The molecule has 9 heteroatoms. The van der Waals surface area contributed by atoms with Gasteiger partial charge < -0.3 is 10.6 Å². The maximum atomic E-state index is 13.5. The standard InChI is InChI=1S/C19H17FN4O2S2/c20-14-8-4-5-9-15(14)21-17(26)12-27-19-24-23-18(28-19)22-16(25)11-10-13-6-2-1-3-7-13/h1-9H,10-12H2,(H,21,26)(H,22,23,25). The lowest BCUT2D eigenvalue weighted by atomic mass is 10.1. The van der Waals surface area contributed by atoms with E-state index in [0.717, 1.165) is 5.56 Å². The molecule has 28 heavy (non-hydrogen) atoms. The van der Waals surface area contributed by atoms with Crippen molar-refractivity contribution in [3.63, 3.8) is 0 Å². The molecule has 3 aromatic rings. The first-order valence-corrected chi connectivity index (χ1v) is 10.2.